The number of hydrogen-bond acceptors (Lipinski definition) is 2. The van der Waals surface area contributed by atoms with Crippen molar-refractivity contribution in [1.82, 2.24) is 0 Å². The van der Waals surface area contributed by atoms with E-state index in [1.54, 1.807) is 0 Å². The Morgan fingerprint density at radius 1 is 1.19 bits per heavy atom. The van der Waals surface area contributed by atoms with Gasteiger partial charge in [0, 0.05) is 0 Å². The molecule has 0 aromatic heterocycles. The molecule has 1 aliphatic rings. The van der Waals surface area contributed by atoms with Crippen LogP contribution in [0.4, 0.5) is 0 Å². The van der Waals surface area contributed by atoms with Gasteiger partial charge in [-0.15, -0.1) is 0 Å². The van der Waals surface area contributed by atoms with Crippen LogP contribution in [0.25, 0.3) is 0 Å². The molecule has 1 aromatic rings. The van der Waals surface area contributed by atoms with Crippen molar-refractivity contribution in [2.24, 2.45) is 0 Å². The van der Waals surface area contributed by atoms with Gasteiger partial charge in [0.05, 0.1) is 0 Å². The van der Waals surface area contributed by atoms with Crippen molar-refractivity contribution in [3.8, 4) is 0 Å². The molecular weight excluding hydrogens is 267 g/mol. The summed E-state index contributed by atoms with van der Waals surface area (Å²) in [6, 6.07) is 7.76. The van der Waals surface area contributed by atoms with E-state index in [2.05, 4.69) is 0 Å². The molecule has 0 aliphatic heterocycles. The Bertz CT molecular complexity index is 347. The van der Waals surface area contributed by atoms with E-state index in [0.29, 0.717) is 19.8 Å². The van der Waals surface area contributed by atoms with Crippen molar-refractivity contribution in [3.05, 3.63) is 29.8 Å². The molecule has 1 aliphatic carbocycles. The summed E-state index contributed by atoms with van der Waals surface area (Å²) in [5, 5.41) is 9.89. The van der Waals surface area contributed by atoms with E-state index < -0.39 is 0 Å². The Kier molecular flexibility index (Phi) is 4.16. The quantitative estimate of drug-likeness (QED) is 0.675. The Morgan fingerprint density at radius 2 is 1.88 bits per heavy atom. The van der Waals surface area contributed by atoms with Crippen LogP contribution in [-0.4, -0.2) is 32.5 Å². The number of aliphatic hydroxyl groups excluding tert-OH is 1. The molecule has 2 atom stereocenters. The Hall–Kier alpha value is -0.631. The van der Waals surface area contributed by atoms with Gasteiger partial charge in [-0.25, -0.2) is 0 Å². The molecule has 2 nitrogen and oxygen atoms in total. The Morgan fingerprint density at radius 3 is 2.50 bits per heavy atom. The SMILES string of the molecule is O=Cc1ccc([Se]C2CCCCC2O)cc1. The van der Waals surface area contributed by atoms with Crippen LogP contribution in [0.15, 0.2) is 24.3 Å². The van der Waals surface area contributed by atoms with Crippen LogP contribution in [0.2, 0.25) is 4.82 Å². The predicted octanol–water partition coefficient (Wildman–Crippen LogP) is 1.55. The Balaban J connectivity index is 1.99. The molecular formula is C13H16O2Se. The molecule has 0 heterocycles. The van der Waals surface area contributed by atoms with Crippen LogP contribution in [0.3, 0.4) is 0 Å². The first-order valence-electron chi connectivity index (χ1n) is 5.69. The van der Waals surface area contributed by atoms with Crippen LogP contribution in [0.5, 0.6) is 0 Å². The van der Waals surface area contributed by atoms with E-state index in [4.69, 9.17) is 0 Å². The summed E-state index contributed by atoms with van der Waals surface area (Å²) in [5.41, 5.74) is 0.726. The third-order valence-corrected chi connectivity index (χ3v) is 5.90. The van der Waals surface area contributed by atoms with Gasteiger partial charge in [0.25, 0.3) is 0 Å². The molecule has 0 saturated heterocycles. The molecule has 2 rings (SSSR count). The average Bonchev–Trinajstić information content (AvgIpc) is 2.33. The van der Waals surface area contributed by atoms with Crippen molar-refractivity contribution in [3.63, 3.8) is 0 Å². The predicted molar refractivity (Wildman–Crippen MR) is 65.4 cm³/mol. The number of carbonyl (C=O) groups excluding carboxylic acids is 1. The molecule has 1 fully saturated rings. The van der Waals surface area contributed by atoms with Crippen LogP contribution < -0.4 is 4.46 Å². The van der Waals surface area contributed by atoms with E-state index in [1.807, 2.05) is 24.3 Å². The van der Waals surface area contributed by atoms with Crippen LogP contribution in [-0.2, 0) is 0 Å². The number of hydrogen-bond donors (Lipinski definition) is 1. The van der Waals surface area contributed by atoms with Gasteiger partial charge in [-0.3, -0.25) is 0 Å². The summed E-state index contributed by atoms with van der Waals surface area (Å²) >= 11 is 0.335. The van der Waals surface area contributed by atoms with Gasteiger partial charge in [-0.05, 0) is 0 Å². The van der Waals surface area contributed by atoms with Gasteiger partial charge in [0.1, 0.15) is 0 Å². The maximum atomic E-state index is 10.5. The normalized spacial score (nSPS) is 25.3. The maximum absolute atomic E-state index is 10.5. The zero-order valence-electron chi connectivity index (χ0n) is 9.13. The summed E-state index contributed by atoms with van der Waals surface area (Å²) in [5.74, 6) is 0. The fourth-order valence-corrected chi connectivity index (χ4v) is 4.58. The van der Waals surface area contributed by atoms with Crippen molar-refractivity contribution < 1.29 is 9.90 Å². The number of aldehydes is 1. The molecule has 16 heavy (non-hydrogen) atoms. The zero-order valence-corrected chi connectivity index (χ0v) is 10.8. The second kappa shape index (κ2) is 5.62. The van der Waals surface area contributed by atoms with Crippen molar-refractivity contribution in [1.29, 1.82) is 0 Å². The first kappa shape index (κ1) is 11.8. The second-order valence-electron chi connectivity index (χ2n) is 4.19. The van der Waals surface area contributed by atoms with Crippen molar-refractivity contribution in [2.75, 3.05) is 0 Å². The average molecular weight is 283 g/mol. The number of aliphatic hydroxyl groups is 1. The summed E-state index contributed by atoms with van der Waals surface area (Å²) < 4.78 is 1.28. The topological polar surface area (TPSA) is 37.3 Å². The third kappa shape index (κ3) is 2.94. The molecule has 0 radical (unpaired) electrons. The summed E-state index contributed by atoms with van der Waals surface area (Å²) in [4.78, 5) is 11.0. The fourth-order valence-electron chi connectivity index (χ4n) is 2.01. The molecule has 86 valence electrons. The minimum absolute atomic E-state index is 0.112. The second-order valence-corrected chi connectivity index (χ2v) is 6.95. The molecule has 2 unspecified atom stereocenters. The van der Waals surface area contributed by atoms with Gasteiger partial charge in [-0.1, -0.05) is 0 Å². The van der Waals surface area contributed by atoms with Gasteiger partial charge in [0.15, 0.2) is 0 Å². The standard InChI is InChI=1S/C13H16O2Se/c14-9-10-5-7-11(8-6-10)16-13-4-2-1-3-12(13)15/h5-9,12-13,15H,1-4H2. The molecule has 1 saturated carbocycles. The number of carbonyl (C=O) groups is 1. The Labute approximate surface area is 102 Å². The number of rotatable bonds is 3. The van der Waals surface area contributed by atoms with Gasteiger partial charge >= 0.3 is 102 Å². The first-order valence-corrected chi connectivity index (χ1v) is 7.54. The molecule has 0 amide bonds. The van der Waals surface area contributed by atoms with Gasteiger partial charge in [0.2, 0.25) is 0 Å². The minimum atomic E-state index is -0.112. The van der Waals surface area contributed by atoms with Crippen LogP contribution in [0.1, 0.15) is 36.0 Å². The molecule has 0 bridgehead atoms. The molecule has 3 heteroatoms. The van der Waals surface area contributed by atoms with Crippen LogP contribution >= 0.6 is 0 Å². The molecule has 1 aromatic carbocycles. The van der Waals surface area contributed by atoms with E-state index in [1.165, 1.54) is 10.9 Å². The van der Waals surface area contributed by atoms with Crippen molar-refractivity contribution in [2.45, 2.75) is 36.6 Å². The van der Waals surface area contributed by atoms with Crippen molar-refractivity contribution >= 4 is 25.7 Å². The third-order valence-electron chi connectivity index (χ3n) is 2.97. The summed E-state index contributed by atoms with van der Waals surface area (Å²) in [6.45, 7) is 0. The van der Waals surface area contributed by atoms with E-state index in [9.17, 15) is 9.90 Å². The molecule has 1 N–H and O–H groups in total. The van der Waals surface area contributed by atoms with E-state index >= 15 is 0 Å². The van der Waals surface area contributed by atoms with Gasteiger partial charge < -0.3 is 0 Å². The fraction of sp³-hybridized carbons (Fsp3) is 0.462. The monoisotopic (exact) mass is 284 g/mol. The number of benzene rings is 1. The van der Waals surface area contributed by atoms with E-state index in [-0.39, 0.29) is 6.10 Å². The summed E-state index contributed by atoms with van der Waals surface area (Å²) in [7, 11) is 0. The molecule has 0 spiro atoms. The van der Waals surface area contributed by atoms with E-state index in [0.717, 1.165) is 31.1 Å². The first-order chi connectivity index (χ1) is 7.79. The summed E-state index contributed by atoms with van der Waals surface area (Å²) in [6.07, 6.45) is 5.27. The van der Waals surface area contributed by atoms with Crippen LogP contribution in [0, 0.1) is 0 Å². The zero-order chi connectivity index (χ0) is 11.4. The van der Waals surface area contributed by atoms with Gasteiger partial charge in [-0.2, -0.15) is 0 Å².